The van der Waals surface area contributed by atoms with Gasteiger partial charge in [0.15, 0.2) is 18.1 Å². The first kappa shape index (κ1) is 28.0. The maximum Gasteiger partial charge on any atom is 0.325 e. The lowest BCUT2D eigenvalue weighted by Crippen LogP contribution is -2.51. The van der Waals surface area contributed by atoms with Crippen molar-refractivity contribution in [2.24, 2.45) is 0 Å². The van der Waals surface area contributed by atoms with Crippen molar-refractivity contribution in [2.45, 2.75) is 50.6 Å². The number of aromatic nitrogens is 1. The van der Waals surface area contributed by atoms with Crippen molar-refractivity contribution in [1.82, 2.24) is 25.8 Å². The van der Waals surface area contributed by atoms with Crippen LogP contribution in [0.1, 0.15) is 36.8 Å². The molecule has 3 heterocycles. The summed E-state index contributed by atoms with van der Waals surface area (Å²) in [7, 11) is 1.54. The Balaban J connectivity index is 1.37. The summed E-state index contributed by atoms with van der Waals surface area (Å²) in [5.74, 6) is -0.0395. The van der Waals surface area contributed by atoms with Crippen LogP contribution in [0, 0.1) is 0 Å². The van der Waals surface area contributed by atoms with Crippen molar-refractivity contribution in [3.8, 4) is 11.5 Å². The van der Waals surface area contributed by atoms with Gasteiger partial charge in [-0.05, 0) is 61.4 Å². The number of nitrogens with zero attached hydrogens (tertiary/aromatic N) is 1. The molecule has 4 bridgehead atoms. The summed E-state index contributed by atoms with van der Waals surface area (Å²) >= 11 is 0. The molecule has 3 aromatic rings. The van der Waals surface area contributed by atoms with Gasteiger partial charge in [-0.2, -0.15) is 0 Å². The molecule has 216 valence electrons. The highest BCUT2D eigenvalue weighted by molar-refractivity contribution is 6.07. The summed E-state index contributed by atoms with van der Waals surface area (Å²) in [4.78, 5) is 56.6. The van der Waals surface area contributed by atoms with Crippen LogP contribution in [-0.4, -0.2) is 72.5 Å². The van der Waals surface area contributed by atoms with Crippen LogP contribution < -0.4 is 25.4 Å². The number of ether oxygens (including phenoxy) is 2. The number of aromatic amines is 1. The molecule has 0 aliphatic carbocycles. The quantitative estimate of drug-likeness (QED) is 0.362. The third-order valence-electron chi connectivity index (χ3n) is 7.52. The molecule has 1 fully saturated rings. The molecular formula is C30H35N5O6. The first-order valence-electron chi connectivity index (χ1n) is 14.0. The van der Waals surface area contributed by atoms with E-state index in [2.05, 4.69) is 20.9 Å². The first-order valence-corrected chi connectivity index (χ1v) is 14.0. The predicted octanol–water partition coefficient (Wildman–Crippen LogP) is 2.44. The van der Waals surface area contributed by atoms with Crippen molar-refractivity contribution in [2.75, 3.05) is 26.8 Å². The minimum absolute atomic E-state index is 0.153. The van der Waals surface area contributed by atoms with Gasteiger partial charge in [0.05, 0.1) is 7.11 Å². The van der Waals surface area contributed by atoms with Crippen LogP contribution in [0.3, 0.4) is 0 Å². The molecule has 11 heteroatoms. The topological polar surface area (TPSA) is 142 Å². The van der Waals surface area contributed by atoms with E-state index in [9.17, 15) is 19.2 Å². The van der Waals surface area contributed by atoms with E-state index in [4.69, 9.17) is 9.47 Å². The van der Waals surface area contributed by atoms with Crippen LogP contribution in [0.25, 0.3) is 10.9 Å². The molecule has 1 unspecified atom stereocenters. The number of H-pyrrole nitrogens is 1. The van der Waals surface area contributed by atoms with Crippen molar-refractivity contribution in [3.05, 3.63) is 59.8 Å². The maximum absolute atomic E-state index is 13.6. The normalized spacial score (nSPS) is 21.0. The highest BCUT2D eigenvalue weighted by Crippen LogP contribution is 2.29. The fourth-order valence-electron chi connectivity index (χ4n) is 5.36. The number of methoxy groups -OCH3 is 1. The van der Waals surface area contributed by atoms with Crippen LogP contribution >= 0.6 is 0 Å². The number of hydrogen-bond donors (Lipinski definition) is 4. The van der Waals surface area contributed by atoms with E-state index < -0.39 is 24.0 Å². The number of rotatable bonds is 3. The molecule has 1 aromatic heterocycles. The van der Waals surface area contributed by atoms with Crippen molar-refractivity contribution >= 4 is 34.7 Å². The summed E-state index contributed by atoms with van der Waals surface area (Å²) in [6, 6.07) is 11.0. The summed E-state index contributed by atoms with van der Waals surface area (Å²) in [6.07, 6.45) is 4.87. The summed E-state index contributed by atoms with van der Waals surface area (Å²) < 4.78 is 11.1. The smallest absolute Gasteiger partial charge is 0.325 e. The Morgan fingerprint density at radius 1 is 1.00 bits per heavy atom. The largest absolute Gasteiger partial charge is 0.493 e. The highest BCUT2D eigenvalue weighted by Gasteiger charge is 2.44. The number of carbonyl (C=O) groups is 4. The molecule has 5 amide bonds. The lowest BCUT2D eigenvalue weighted by molar-refractivity contribution is -0.136. The Hall–Kier alpha value is -4.54. The number of carbonyl (C=O) groups excluding carboxylic acids is 4. The van der Waals surface area contributed by atoms with E-state index >= 15 is 0 Å². The summed E-state index contributed by atoms with van der Waals surface area (Å²) in [5, 5.41) is 9.46. The molecule has 2 aliphatic rings. The zero-order valence-corrected chi connectivity index (χ0v) is 23.0. The fraction of sp³-hybridized carbons (Fsp3) is 0.400. The molecule has 11 nitrogen and oxygen atoms in total. The monoisotopic (exact) mass is 561 g/mol. The number of amides is 5. The maximum atomic E-state index is 13.6. The molecule has 41 heavy (non-hydrogen) atoms. The lowest BCUT2D eigenvalue weighted by atomic mass is 10.0. The van der Waals surface area contributed by atoms with E-state index in [0.717, 1.165) is 26.9 Å². The van der Waals surface area contributed by atoms with E-state index in [1.807, 2.05) is 42.6 Å². The average molecular weight is 562 g/mol. The van der Waals surface area contributed by atoms with Crippen LogP contribution in [0.4, 0.5) is 4.79 Å². The SMILES string of the molecule is COc1ccc2cc1OCC(=O)NCCCCC1NC(=O)N(C1=O)[C@@H](Cc1c[nH]c3ccccc13)C(=O)NCCC2. The predicted molar refractivity (Wildman–Crippen MR) is 152 cm³/mol. The van der Waals surface area contributed by atoms with Gasteiger partial charge in [0.2, 0.25) is 5.91 Å². The molecule has 5 rings (SSSR count). The van der Waals surface area contributed by atoms with Crippen LogP contribution in [0.5, 0.6) is 11.5 Å². The molecule has 2 atom stereocenters. The first-order chi connectivity index (χ1) is 19.9. The minimum atomic E-state index is -1.00. The Morgan fingerprint density at radius 2 is 1.83 bits per heavy atom. The van der Waals surface area contributed by atoms with Gasteiger partial charge in [-0.15, -0.1) is 0 Å². The van der Waals surface area contributed by atoms with Crippen LogP contribution in [0.15, 0.2) is 48.7 Å². The van der Waals surface area contributed by atoms with Crippen molar-refractivity contribution in [3.63, 3.8) is 0 Å². The standard InChI is InChI=1S/C30H35N5O6/c1-40-25-12-11-19-7-6-14-32-28(37)24(16-20-17-33-22-9-3-2-8-21(20)22)35-29(38)23(34-30(35)39)10-4-5-13-31-27(36)18-41-26(25)15-19/h2-3,8-9,11-12,15,17,23-24,33H,4-7,10,13-14,16,18H2,1H3,(H,31,36)(H,32,37)(H,34,39)/t23?,24-/m0/s1. The summed E-state index contributed by atoms with van der Waals surface area (Å²) in [6.45, 7) is 0.601. The van der Waals surface area contributed by atoms with Gasteiger partial charge in [0.1, 0.15) is 12.1 Å². The zero-order chi connectivity index (χ0) is 28.8. The summed E-state index contributed by atoms with van der Waals surface area (Å²) in [5.41, 5.74) is 2.72. The lowest BCUT2D eigenvalue weighted by Gasteiger charge is -2.25. The van der Waals surface area contributed by atoms with Crippen molar-refractivity contribution in [1.29, 1.82) is 0 Å². The molecular weight excluding hydrogens is 526 g/mol. The molecule has 2 aromatic carbocycles. The average Bonchev–Trinajstić information content (AvgIpc) is 3.51. The zero-order valence-electron chi connectivity index (χ0n) is 23.0. The second-order valence-electron chi connectivity index (χ2n) is 10.3. The van der Waals surface area contributed by atoms with Crippen LogP contribution in [0.2, 0.25) is 0 Å². The number of nitrogens with one attached hydrogen (secondary N) is 4. The third kappa shape index (κ3) is 6.45. The van der Waals surface area contributed by atoms with Gasteiger partial charge in [-0.3, -0.25) is 14.4 Å². The number of fused-ring (bicyclic) bond motifs is 5. The van der Waals surface area contributed by atoms with Gasteiger partial charge >= 0.3 is 6.03 Å². The number of benzene rings is 2. The Bertz CT molecular complexity index is 1440. The fourth-order valence-corrected chi connectivity index (χ4v) is 5.36. The van der Waals surface area contributed by atoms with E-state index in [0.29, 0.717) is 56.7 Å². The highest BCUT2D eigenvalue weighted by atomic mass is 16.5. The molecule has 1 saturated heterocycles. The van der Waals surface area contributed by atoms with Gasteiger partial charge in [0.25, 0.3) is 11.8 Å². The Morgan fingerprint density at radius 3 is 2.68 bits per heavy atom. The van der Waals surface area contributed by atoms with Gasteiger partial charge < -0.3 is 30.4 Å². The molecule has 0 saturated carbocycles. The molecule has 2 aliphatic heterocycles. The molecule has 0 spiro atoms. The second kappa shape index (κ2) is 12.8. The third-order valence-corrected chi connectivity index (χ3v) is 7.52. The number of imide groups is 1. The number of hydrogen-bond acceptors (Lipinski definition) is 6. The number of urea groups is 1. The molecule has 4 N–H and O–H groups in total. The number of aryl methyl sites for hydroxylation is 1. The van der Waals surface area contributed by atoms with Crippen molar-refractivity contribution < 1.29 is 28.7 Å². The van der Waals surface area contributed by atoms with Crippen LogP contribution in [-0.2, 0) is 27.2 Å². The number of para-hydroxylation sites is 1. The van der Waals surface area contributed by atoms with E-state index in [1.54, 1.807) is 13.2 Å². The van der Waals surface area contributed by atoms with E-state index in [-0.39, 0.29) is 24.8 Å². The Kier molecular flexibility index (Phi) is 8.71. The van der Waals surface area contributed by atoms with Gasteiger partial charge in [-0.1, -0.05) is 24.3 Å². The Labute approximate surface area is 237 Å². The van der Waals surface area contributed by atoms with E-state index in [1.165, 1.54) is 0 Å². The van der Waals surface area contributed by atoms with Gasteiger partial charge in [-0.25, -0.2) is 9.69 Å². The molecule has 0 radical (unpaired) electrons. The second-order valence-corrected chi connectivity index (χ2v) is 10.3. The minimum Gasteiger partial charge on any atom is -0.493 e. The van der Waals surface area contributed by atoms with Gasteiger partial charge in [0, 0.05) is 36.6 Å².